The number of esters is 1. The van der Waals surface area contributed by atoms with Gasteiger partial charge in [-0.15, -0.1) is 0 Å². The lowest BCUT2D eigenvalue weighted by Crippen LogP contribution is -2.32. The van der Waals surface area contributed by atoms with E-state index in [2.05, 4.69) is 10.1 Å². The van der Waals surface area contributed by atoms with Crippen LogP contribution in [0.15, 0.2) is 0 Å². The third-order valence-corrected chi connectivity index (χ3v) is 3.16. The maximum Gasteiger partial charge on any atom is 0.309 e. The van der Waals surface area contributed by atoms with Crippen molar-refractivity contribution in [1.82, 2.24) is 5.32 Å². The Bertz CT molecular complexity index is 328. The minimum atomic E-state index is -0.899. The van der Waals surface area contributed by atoms with E-state index in [0.717, 1.165) is 0 Å². The Morgan fingerprint density at radius 3 is 2.47 bits per heavy atom. The molecule has 0 radical (unpaired) electrons. The Kier molecular flexibility index (Phi) is 4.48. The number of hydrogen-bond acceptors (Lipinski definition) is 4. The molecule has 0 aromatic carbocycles. The number of methoxy groups -OCH3 is 1. The summed E-state index contributed by atoms with van der Waals surface area (Å²) in [5, 5.41) is 11.6. The summed E-state index contributed by atoms with van der Waals surface area (Å²) in [6.45, 7) is 1.70. The molecule has 17 heavy (non-hydrogen) atoms. The zero-order chi connectivity index (χ0) is 13.0. The molecule has 0 aromatic rings. The number of aliphatic carboxylic acids is 1. The predicted octanol–water partition coefficient (Wildman–Crippen LogP) is 0.0225. The number of nitrogens with one attached hydrogen (secondary N) is 1. The summed E-state index contributed by atoms with van der Waals surface area (Å²) in [6.07, 6.45) is 0.682. The first-order valence-corrected chi connectivity index (χ1v) is 5.50. The smallest absolute Gasteiger partial charge is 0.309 e. The van der Waals surface area contributed by atoms with Crippen LogP contribution in [0.5, 0.6) is 0 Å². The summed E-state index contributed by atoms with van der Waals surface area (Å²) in [7, 11) is 1.28. The lowest BCUT2D eigenvalue weighted by atomic mass is 9.96. The largest absolute Gasteiger partial charge is 0.481 e. The molecular weight excluding hydrogens is 226 g/mol. The van der Waals surface area contributed by atoms with E-state index in [1.807, 2.05) is 0 Å². The fourth-order valence-corrected chi connectivity index (χ4v) is 2.27. The quantitative estimate of drug-likeness (QED) is 0.679. The zero-order valence-electron chi connectivity index (χ0n) is 9.93. The molecule has 0 heterocycles. The van der Waals surface area contributed by atoms with E-state index < -0.39 is 23.8 Å². The molecule has 1 rings (SSSR count). The van der Waals surface area contributed by atoms with Crippen LogP contribution in [0.1, 0.15) is 19.8 Å². The van der Waals surface area contributed by atoms with E-state index >= 15 is 0 Å². The Hall–Kier alpha value is -1.59. The molecule has 6 nitrogen and oxygen atoms in total. The van der Waals surface area contributed by atoms with Gasteiger partial charge in [-0.25, -0.2) is 0 Å². The SMILES string of the molecule is COC(=O)C1CC(C(=O)O)CC1CNC(C)=O. The van der Waals surface area contributed by atoms with Gasteiger partial charge in [0.05, 0.1) is 18.9 Å². The van der Waals surface area contributed by atoms with Crippen LogP contribution in [0, 0.1) is 17.8 Å². The highest BCUT2D eigenvalue weighted by atomic mass is 16.5. The van der Waals surface area contributed by atoms with Gasteiger partial charge in [0, 0.05) is 13.5 Å². The van der Waals surface area contributed by atoms with E-state index in [0.29, 0.717) is 13.0 Å². The number of hydrogen-bond donors (Lipinski definition) is 2. The van der Waals surface area contributed by atoms with Crippen LogP contribution in [-0.2, 0) is 19.1 Å². The fourth-order valence-electron chi connectivity index (χ4n) is 2.27. The third kappa shape index (κ3) is 3.44. The Balaban J connectivity index is 2.66. The van der Waals surface area contributed by atoms with Crippen LogP contribution in [0.25, 0.3) is 0 Å². The monoisotopic (exact) mass is 243 g/mol. The highest BCUT2D eigenvalue weighted by Crippen LogP contribution is 2.37. The minimum absolute atomic E-state index is 0.160. The van der Waals surface area contributed by atoms with Crippen molar-refractivity contribution in [3.8, 4) is 0 Å². The molecule has 96 valence electrons. The summed E-state index contributed by atoms with van der Waals surface area (Å²) >= 11 is 0. The standard InChI is InChI=1S/C11H17NO5/c1-6(13)12-5-8-3-7(10(14)15)4-9(8)11(16)17-2/h7-9H,3-5H2,1-2H3,(H,12,13)(H,14,15). The first kappa shape index (κ1) is 13.5. The van der Waals surface area contributed by atoms with Crippen molar-refractivity contribution in [2.75, 3.05) is 13.7 Å². The molecule has 1 amide bonds. The van der Waals surface area contributed by atoms with E-state index in [4.69, 9.17) is 5.11 Å². The molecule has 3 unspecified atom stereocenters. The number of carbonyl (C=O) groups excluding carboxylic acids is 2. The van der Waals surface area contributed by atoms with Crippen LogP contribution >= 0.6 is 0 Å². The fraction of sp³-hybridized carbons (Fsp3) is 0.727. The molecule has 0 bridgehead atoms. The van der Waals surface area contributed by atoms with Crippen molar-refractivity contribution >= 4 is 17.8 Å². The maximum absolute atomic E-state index is 11.5. The van der Waals surface area contributed by atoms with Crippen molar-refractivity contribution in [2.45, 2.75) is 19.8 Å². The topological polar surface area (TPSA) is 92.7 Å². The number of ether oxygens (including phenoxy) is 1. The van der Waals surface area contributed by atoms with Gasteiger partial charge in [0.1, 0.15) is 0 Å². The van der Waals surface area contributed by atoms with Crippen LogP contribution < -0.4 is 5.32 Å². The molecule has 2 N–H and O–H groups in total. The van der Waals surface area contributed by atoms with Gasteiger partial charge >= 0.3 is 11.9 Å². The highest BCUT2D eigenvalue weighted by molar-refractivity contribution is 5.77. The molecule has 1 aliphatic rings. The second kappa shape index (κ2) is 5.65. The van der Waals surface area contributed by atoms with Crippen LogP contribution in [0.3, 0.4) is 0 Å². The normalized spacial score (nSPS) is 27.5. The number of rotatable bonds is 4. The molecule has 0 aromatic heterocycles. The number of carboxylic acid groups (broad SMARTS) is 1. The second-order valence-corrected chi connectivity index (χ2v) is 4.33. The third-order valence-electron chi connectivity index (χ3n) is 3.16. The minimum Gasteiger partial charge on any atom is -0.481 e. The second-order valence-electron chi connectivity index (χ2n) is 4.33. The molecule has 0 saturated heterocycles. The molecule has 1 fully saturated rings. The van der Waals surface area contributed by atoms with Gasteiger partial charge in [-0.05, 0) is 18.8 Å². The molecule has 1 saturated carbocycles. The summed E-state index contributed by atoms with van der Waals surface area (Å²) in [5.41, 5.74) is 0. The van der Waals surface area contributed by atoms with Gasteiger partial charge in [0.2, 0.25) is 5.91 Å². The van der Waals surface area contributed by atoms with Crippen LogP contribution in [-0.4, -0.2) is 36.6 Å². The van der Waals surface area contributed by atoms with Crippen molar-refractivity contribution in [1.29, 1.82) is 0 Å². The number of amides is 1. The zero-order valence-corrected chi connectivity index (χ0v) is 9.93. The van der Waals surface area contributed by atoms with Gasteiger partial charge in [0.25, 0.3) is 0 Å². The van der Waals surface area contributed by atoms with E-state index in [-0.39, 0.29) is 18.2 Å². The Labute approximate surface area is 99.3 Å². The van der Waals surface area contributed by atoms with Gasteiger partial charge in [0.15, 0.2) is 0 Å². The summed E-state index contributed by atoms with van der Waals surface area (Å²) in [4.78, 5) is 33.2. The van der Waals surface area contributed by atoms with E-state index in [9.17, 15) is 14.4 Å². The summed E-state index contributed by atoms with van der Waals surface area (Å²) in [5.74, 6) is -2.61. The summed E-state index contributed by atoms with van der Waals surface area (Å²) in [6, 6.07) is 0. The van der Waals surface area contributed by atoms with Crippen molar-refractivity contribution in [2.24, 2.45) is 17.8 Å². The van der Waals surface area contributed by atoms with Crippen LogP contribution in [0.2, 0.25) is 0 Å². The average Bonchev–Trinajstić information content (AvgIpc) is 2.69. The van der Waals surface area contributed by atoms with E-state index in [1.54, 1.807) is 0 Å². The molecule has 0 spiro atoms. The van der Waals surface area contributed by atoms with Crippen molar-refractivity contribution < 1.29 is 24.2 Å². The van der Waals surface area contributed by atoms with Gasteiger partial charge in [-0.1, -0.05) is 0 Å². The van der Waals surface area contributed by atoms with Crippen molar-refractivity contribution in [3.05, 3.63) is 0 Å². The maximum atomic E-state index is 11.5. The number of carboxylic acids is 1. The summed E-state index contributed by atoms with van der Waals surface area (Å²) < 4.78 is 4.65. The van der Waals surface area contributed by atoms with Crippen molar-refractivity contribution in [3.63, 3.8) is 0 Å². The first-order chi connectivity index (χ1) is 7.95. The van der Waals surface area contributed by atoms with Gasteiger partial charge in [-0.2, -0.15) is 0 Å². The predicted molar refractivity (Wildman–Crippen MR) is 58.0 cm³/mol. The molecule has 6 heteroatoms. The molecule has 0 aliphatic heterocycles. The Morgan fingerprint density at radius 2 is 2.00 bits per heavy atom. The van der Waals surface area contributed by atoms with Crippen LogP contribution in [0.4, 0.5) is 0 Å². The lowest BCUT2D eigenvalue weighted by Gasteiger charge is -2.16. The Morgan fingerprint density at radius 1 is 1.35 bits per heavy atom. The first-order valence-electron chi connectivity index (χ1n) is 5.50. The lowest BCUT2D eigenvalue weighted by molar-refractivity contribution is -0.147. The van der Waals surface area contributed by atoms with Gasteiger partial charge in [-0.3, -0.25) is 14.4 Å². The number of carbonyl (C=O) groups is 3. The van der Waals surface area contributed by atoms with Gasteiger partial charge < -0.3 is 15.2 Å². The molecule has 1 aliphatic carbocycles. The average molecular weight is 243 g/mol. The van der Waals surface area contributed by atoms with E-state index in [1.165, 1.54) is 14.0 Å². The molecular formula is C11H17NO5. The highest BCUT2D eigenvalue weighted by Gasteiger charge is 2.42. The molecule has 3 atom stereocenters.